The molecule has 0 spiro atoms. The zero-order chi connectivity index (χ0) is 30.3. The first kappa shape index (κ1) is 31.5. The van der Waals surface area contributed by atoms with Crippen molar-refractivity contribution >= 4 is 68.4 Å². The molecule has 5 heterocycles. The minimum atomic E-state index is -1.15. The fraction of sp³-hybridized carbons (Fsp3) is 0.235. The fourth-order valence-electron chi connectivity index (χ4n) is 5.76. The van der Waals surface area contributed by atoms with Crippen LogP contribution in [0.4, 0.5) is 0 Å². The first-order valence-electron chi connectivity index (χ1n) is 13.8. The summed E-state index contributed by atoms with van der Waals surface area (Å²) in [6.45, 7) is 16.0. The molecule has 9 heteroatoms. The first-order valence-corrected chi connectivity index (χ1v) is 13.8. The molecule has 5 rings (SSSR count). The smallest absolute Gasteiger partial charge is 0.550 e. The van der Waals surface area contributed by atoms with Crippen molar-refractivity contribution in [2.75, 3.05) is 0 Å². The van der Waals surface area contributed by atoms with Crippen LogP contribution in [0.15, 0.2) is 37.4 Å². The predicted octanol–water partition coefficient (Wildman–Crippen LogP) is 5.14. The molecule has 0 amide bonds. The third kappa shape index (κ3) is 5.92. The number of aryl methyl sites for hydroxylation is 2. The maximum absolute atomic E-state index is 11.4. The third-order valence-corrected chi connectivity index (χ3v) is 8.20. The summed E-state index contributed by atoms with van der Waals surface area (Å²) in [5.41, 5.74) is 13.3. The van der Waals surface area contributed by atoms with E-state index in [1.165, 1.54) is 0 Å². The SMILES string of the molecule is C=Cc1c(C)c2cc3[nH]c(cc4nc(cc5nc(cc1[nH]2)C(C)=C5CCC(=O)[O-])C(CCC(=O)[O-])=C4C)c(C)c3C=C.[Cr+2]. The van der Waals surface area contributed by atoms with Crippen LogP contribution in [0, 0.1) is 13.8 Å². The molecule has 0 radical (unpaired) electrons. The van der Waals surface area contributed by atoms with E-state index >= 15 is 0 Å². The van der Waals surface area contributed by atoms with E-state index in [-0.39, 0.29) is 43.0 Å². The molecule has 2 N–H and O–H groups in total. The van der Waals surface area contributed by atoms with Crippen molar-refractivity contribution in [1.82, 2.24) is 19.9 Å². The van der Waals surface area contributed by atoms with Crippen LogP contribution >= 0.6 is 0 Å². The van der Waals surface area contributed by atoms with Crippen LogP contribution in [-0.4, -0.2) is 31.9 Å². The molecule has 0 aromatic carbocycles. The number of allylic oxidation sites excluding steroid dienone is 4. The second-order valence-corrected chi connectivity index (χ2v) is 10.7. The number of fused-ring (bicyclic) bond motifs is 8. The Kier molecular flexibility index (Phi) is 9.10. The zero-order valence-electron chi connectivity index (χ0n) is 24.6. The molecular formula is C34H32CrN4O4. The Hall–Kier alpha value is -4.45. The van der Waals surface area contributed by atoms with Gasteiger partial charge >= 0.3 is 17.4 Å². The predicted molar refractivity (Wildman–Crippen MR) is 164 cm³/mol. The molecule has 0 unspecified atom stereocenters. The van der Waals surface area contributed by atoms with Gasteiger partial charge in [-0.2, -0.15) is 0 Å². The summed E-state index contributed by atoms with van der Waals surface area (Å²) < 4.78 is 0. The number of aliphatic carboxylic acids is 2. The quantitative estimate of drug-likeness (QED) is 0.362. The average Bonchev–Trinajstić information content (AvgIpc) is 3.59. The number of H-pyrrole nitrogens is 2. The molecule has 8 bridgehead atoms. The van der Waals surface area contributed by atoms with Crippen LogP contribution in [0.2, 0.25) is 0 Å². The van der Waals surface area contributed by atoms with Gasteiger partial charge in [0.25, 0.3) is 0 Å². The topological polar surface area (TPSA) is 138 Å². The van der Waals surface area contributed by atoms with E-state index in [0.29, 0.717) is 22.8 Å². The van der Waals surface area contributed by atoms with Crippen LogP contribution in [0.3, 0.4) is 0 Å². The maximum atomic E-state index is 11.4. The van der Waals surface area contributed by atoms with Crippen LogP contribution < -0.4 is 10.2 Å². The van der Waals surface area contributed by atoms with Gasteiger partial charge in [-0.3, -0.25) is 0 Å². The second kappa shape index (κ2) is 12.4. The van der Waals surface area contributed by atoms with Crippen molar-refractivity contribution in [3.05, 3.63) is 82.5 Å². The molecule has 3 aromatic rings. The Morgan fingerprint density at radius 1 is 0.674 bits per heavy atom. The van der Waals surface area contributed by atoms with Gasteiger partial charge in [-0.15, -0.1) is 0 Å². The van der Waals surface area contributed by atoms with Gasteiger partial charge in [-0.1, -0.05) is 25.3 Å². The van der Waals surface area contributed by atoms with Crippen molar-refractivity contribution < 1.29 is 37.2 Å². The third-order valence-electron chi connectivity index (χ3n) is 8.20. The number of aromatic amines is 2. The number of carboxylic acids is 2. The van der Waals surface area contributed by atoms with Crippen molar-refractivity contribution in [1.29, 1.82) is 0 Å². The summed E-state index contributed by atoms with van der Waals surface area (Å²) in [5, 5.41) is 22.8. The first-order chi connectivity index (χ1) is 20.0. The fourth-order valence-corrected chi connectivity index (χ4v) is 5.76. The van der Waals surface area contributed by atoms with Gasteiger partial charge in [0.05, 0.1) is 22.8 Å². The second-order valence-electron chi connectivity index (χ2n) is 10.7. The Labute approximate surface area is 260 Å². The van der Waals surface area contributed by atoms with E-state index in [9.17, 15) is 19.8 Å². The van der Waals surface area contributed by atoms with Gasteiger partial charge in [0.1, 0.15) is 0 Å². The Morgan fingerprint density at radius 2 is 1.07 bits per heavy atom. The number of carbonyl (C=O) groups excluding carboxylic acids is 2. The number of carboxylic acid groups (broad SMARTS) is 2. The summed E-state index contributed by atoms with van der Waals surface area (Å²) in [6.07, 6.45) is 3.79. The van der Waals surface area contributed by atoms with E-state index in [0.717, 1.165) is 66.6 Å². The minimum absolute atomic E-state index is 0. The number of aromatic nitrogens is 4. The van der Waals surface area contributed by atoms with Crippen LogP contribution in [-0.2, 0) is 27.0 Å². The van der Waals surface area contributed by atoms with Gasteiger partial charge < -0.3 is 29.8 Å². The summed E-state index contributed by atoms with van der Waals surface area (Å²) >= 11 is 0. The molecule has 2 aliphatic heterocycles. The van der Waals surface area contributed by atoms with E-state index in [2.05, 4.69) is 23.1 Å². The average molecular weight is 613 g/mol. The molecule has 8 nitrogen and oxygen atoms in total. The van der Waals surface area contributed by atoms with E-state index in [4.69, 9.17) is 9.97 Å². The molecular weight excluding hydrogens is 580 g/mol. The molecule has 3 aromatic heterocycles. The van der Waals surface area contributed by atoms with Crippen molar-refractivity contribution in [3.63, 3.8) is 0 Å². The van der Waals surface area contributed by atoms with Crippen molar-refractivity contribution in [3.8, 4) is 0 Å². The molecule has 0 fully saturated rings. The molecule has 0 aliphatic carbocycles. The summed E-state index contributed by atoms with van der Waals surface area (Å²) in [4.78, 5) is 39.7. The van der Waals surface area contributed by atoms with Gasteiger partial charge in [0.15, 0.2) is 0 Å². The van der Waals surface area contributed by atoms with Crippen molar-refractivity contribution in [2.24, 2.45) is 0 Å². The van der Waals surface area contributed by atoms with Crippen LogP contribution in [0.1, 0.15) is 84.6 Å². The Morgan fingerprint density at radius 3 is 1.49 bits per heavy atom. The van der Waals surface area contributed by atoms with Gasteiger partial charge in [-0.05, 0) is 111 Å². The van der Waals surface area contributed by atoms with Crippen LogP contribution in [0.25, 0.3) is 56.5 Å². The van der Waals surface area contributed by atoms with E-state index in [1.54, 1.807) is 6.08 Å². The maximum Gasteiger partial charge on any atom is 2.00 e. The molecule has 218 valence electrons. The van der Waals surface area contributed by atoms with Gasteiger partial charge in [0.2, 0.25) is 0 Å². The van der Waals surface area contributed by atoms with E-state index < -0.39 is 11.9 Å². The number of rotatable bonds is 8. The molecule has 43 heavy (non-hydrogen) atoms. The molecule has 2 aliphatic rings. The number of nitrogens with zero attached hydrogens (tertiary/aromatic N) is 2. The number of nitrogens with one attached hydrogen (secondary N) is 2. The number of hydrogen-bond acceptors (Lipinski definition) is 6. The number of hydrogen-bond donors (Lipinski definition) is 2. The summed E-state index contributed by atoms with van der Waals surface area (Å²) in [5.74, 6) is -2.29. The molecule has 0 saturated heterocycles. The summed E-state index contributed by atoms with van der Waals surface area (Å²) in [6, 6.07) is 7.78. The van der Waals surface area contributed by atoms with Gasteiger partial charge in [0, 0.05) is 45.1 Å². The normalized spacial score (nSPS) is 12.7. The number of carbonyl (C=O) groups is 2. The summed E-state index contributed by atoms with van der Waals surface area (Å²) in [7, 11) is 0. The molecule has 0 saturated carbocycles. The van der Waals surface area contributed by atoms with Gasteiger partial charge in [-0.25, -0.2) is 9.97 Å². The molecule has 0 atom stereocenters. The van der Waals surface area contributed by atoms with E-state index in [1.807, 2.05) is 58.0 Å². The Bertz CT molecular complexity index is 1920. The van der Waals surface area contributed by atoms with Crippen LogP contribution in [0.5, 0.6) is 0 Å². The Balaban J connectivity index is 0.00000423. The standard InChI is InChI=1S/C34H34N4O4.Cr/c1-7-21-17(3)25-13-26-19(5)23(9-11-33(39)40)31(37-26)16-32-24(10-12-34(41)42)20(6)28(38-32)15-30-22(8-2)18(4)27(36-30)14-29(21)35-25;/h7-8,13-16,35-36H,1-2,9-12H2,3-6H3,(H,39,40)(H,41,42);/q;+2/p-2. The minimum Gasteiger partial charge on any atom is -0.550 e. The van der Waals surface area contributed by atoms with Crippen molar-refractivity contribution in [2.45, 2.75) is 53.4 Å². The zero-order valence-corrected chi connectivity index (χ0v) is 25.9. The largest absolute Gasteiger partial charge is 2.00 e. The monoisotopic (exact) mass is 612 g/mol.